The van der Waals surface area contributed by atoms with Crippen molar-refractivity contribution >= 4 is 0 Å². The van der Waals surface area contributed by atoms with Crippen molar-refractivity contribution in [1.29, 1.82) is 0 Å². The maximum Gasteiger partial charge on any atom is 0.159 e. The van der Waals surface area contributed by atoms with E-state index < -0.39 is 0 Å². The van der Waals surface area contributed by atoms with Crippen LogP contribution in [-0.2, 0) is 16.2 Å². The van der Waals surface area contributed by atoms with Gasteiger partial charge in [0.25, 0.3) is 0 Å². The first-order valence-corrected chi connectivity index (χ1v) is 22.3. The summed E-state index contributed by atoms with van der Waals surface area (Å²) in [6.07, 6.45) is 6.55. The van der Waals surface area contributed by atoms with Gasteiger partial charge in [-0.25, -0.2) is 29.9 Å². The minimum atomic E-state index is 0.173. The summed E-state index contributed by atoms with van der Waals surface area (Å²) < 4.78 is 0. The van der Waals surface area contributed by atoms with Crippen LogP contribution in [-0.4, -0.2) is 29.9 Å². The fraction of sp³-hybridized carbons (Fsp3) is 0.455. The molecule has 6 aromatic rings. The average molecular weight is 817 g/mol. The van der Waals surface area contributed by atoms with Gasteiger partial charge in [0.15, 0.2) is 17.5 Å². The van der Waals surface area contributed by atoms with Gasteiger partial charge in [0.05, 0.1) is 0 Å². The lowest BCUT2D eigenvalue weighted by atomic mass is 9.86. The highest BCUT2D eigenvalue weighted by Gasteiger charge is 2.38. The summed E-state index contributed by atoms with van der Waals surface area (Å²) in [6, 6.07) is 26.0. The number of nitrogens with zero attached hydrogens (tertiary/aromatic N) is 6. The lowest BCUT2D eigenvalue weighted by Crippen LogP contribution is -2.10. The third-order valence-electron chi connectivity index (χ3n) is 12.0. The van der Waals surface area contributed by atoms with Crippen molar-refractivity contribution in [2.24, 2.45) is 0 Å². The Bertz CT molecular complexity index is 2260. The highest BCUT2D eigenvalue weighted by atomic mass is 14.9. The summed E-state index contributed by atoms with van der Waals surface area (Å²) in [5.74, 6) is 3.87. The van der Waals surface area contributed by atoms with Gasteiger partial charge in [0.2, 0.25) is 0 Å². The van der Waals surface area contributed by atoms with Crippen LogP contribution >= 0.6 is 0 Å². The smallest absolute Gasteiger partial charge is 0.159 e. The Morgan fingerprint density at radius 1 is 0.443 bits per heavy atom. The minimum Gasteiger partial charge on any atom is -0.236 e. The van der Waals surface area contributed by atoms with Gasteiger partial charge in [-0.15, -0.1) is 0 Å². The van der Waals surface area contributed by atoms with E-state index in [2.05, 4.69) is 210 Å². The van der Waals surface area contributed by atoms with Crippen LogP contribution in [0.3, 0.4) is 0 Å². The third-order valence-corrected chi connectivity index (χ3v) is 12.0. The molecule has 3 heterocycles. The molecule has 1 saturated carbocycles. The van der Waals surface area contributed by atoms with Crippen LogP contribution in [0.5, 0.6) is 0 Å². The van der Waals surface area contributed by atoms with Crippen molar-refractivity contribution in [3.63, 3.8) is 0 Å². The molecule has 1 aliphatic carbocycles. The SMILES string of the molecule is Cc1nc(-c2ccc(C(C)(C)C)cc2)nc(C)c1C(C)C.Cc1nc(-c2ccc(C(C)(C)C)cc2)ncc1C(C)C.Cc1nc(-c2ccc(C3(C)CC3)cc2)ncc1C(C)C. The molecule has 0 radical (unpaired) electrons. The number of benzene rings is 3. The summed E-state index contributed by atoms with van der Waals surface area (Å²) in [7, 11) is 0. The van der Waals surface area contributed by atoms with E-state index in [0.29, 0.717) is 23.2 Å². The van der Waals surface area contributed by atoms with Gasteiger partial charge in [0.1, 0.15) is 0 Å². The van der Waals surface area contributed by atoms with E-state index in [9.17, 15) is 0 Å². The standard InChI is InChI=1S/C19H26N2.C18H22N2.C18H24N2/c1-12(2)17-13(3)20-18(21-14(17)4)15-8-10-16(11-9-15)19(5,6)7;1-12(2)16-11-19-17(20-13(16)3)14-5-7-15(8-6-14)18(4)9-10-18;1-12(2)16-11-19-17(20-13(16)3)14-7-9-15(10-8-14)18(4,5)6/h8-12H,1-7H3;5-8,11-12H,9-10H2,1-4H3;7-12H,1-6H3. The van der Waals surface area contributed by atoms with E-state index in [1.807, 2.05) is 12.4 Å². The second-order valence-electron chi connectivity index (χ2n) is 20.4. The lowest BCUT2D eigenvalue weighted by molar-refractivity contribution is 0.590. The molecule has 0 aliphatic heterocycles. The fourth-order valence-electron chi connectivity index (χ4n) is 7.79. The van der Waals surface area contributed by atoms with Gasteiger partial charge >= 0.3 is 0 Å². The molecule has 0 unspecified atom stereocenters. The Kier molecular flexibility index (Phi) is 14.5. The van der Waals surface area contributed by atoms with Crippen molar-refractivity contribution in [3.05, 3.63) is 141 Å². The molecular formula is C55H72N6. The minimum absolute atomic E-state index is 0.173. The predicted octanol–water partition coefficient (Wildman–Crippen LogP) is 14.7. The van der Waals surface area contributed by atoms with Gasteiger partial charge in [0, 0.05) is 51.9 Å². The van der Waals surface area contributed by atoms with Crippen LogP contribution < -0.4 is 0 Å². The first kappa shape index (κ1) is 47.0. The van der Waals surface area contributed by atoms with Gasteiger partial charge in [-0.2, -0.15) is 0 Å². The van der Waals surface area contributed by atoms with Crippen molar-refractivity contribution in [2.75, 3.05) is 0 Å². The lowest BCUT2D eigenvalue weighted by Gasteiger charge is -2.19. The summed E-state index contributed by atoms with van der Waals surface area (Å²) in [4.78, 5) is 27.8. The molecule has 6 heteroatoms. The molecular weight excluding hydrogens is 745 g/mol. The molecule has 0 atom stereocenters. The van der Waals surface area contributed by atoms with Gasteiger partial charge in [-0.1, -0.05) is 163 Å². The van der Waals surface area contributed by atoms with E-state index in [4.69, 9.17) is 9.97 Å². The Morgan fingerprint density at radius 3 is 1.07 bits per heavy atom. The molecule has 3 aromatic carbocycles. The quantitative estimate of drug-likeness (QED) is 0.160. The molecule has 0 amide bonds. The summed E-state index contributed by atoms with van der Waals surface area (Å²) in [6.45, 7) is 37.0. The molecule has 0 spiro atoms. The van der Waals surface area contributed by atoms with Crippen LogP contribution in [0.25, 0.3) is 34.2 Å². The van der Waals surface area contributed by atoms with Crippen LogP contribution in [0, 0.1) is 27.7 Å². The molecule has 61 heavy (non-hydrogen) atoms. The van der Waals surface area contributed by atoms with Crippen LogP contribution in [0.2, 0.25) is 0 Å². The number of hydrogen-bond donors (Lipinski definition) is 0. The topological polar surface area (TPSA) is 77.3 Å². The number of aromatic nitrogens is 6. The monoisotopic (exact) mass is 817 g/mol. The number of hydrogen-bond acceptors (Lipinski definition) is 6. The van der Waals surface area contributed by atoms with Gasteiger partial charge in [-0.3, -0.25) is 0 Å². The van der Waals surface area contributed by atoms with Crippen molar-refractivity contribution in [1.82, 2.24) is 29.9 Å². The Morgan fingerprint density at radius 2 is 0.770 bits per heavy atom. The molecule has 0 saturated heterocycles. The van der Waals surface area contributed by atoms with Crippen molar-refractivity contribution in [3.8, 4) is 34.2 Å². The highest BCUT2D eigenvalue weighted by molar-refractivity contribution is 5.58. The van der Waals surface area contributed by atoms with Crippen molar-refractivity contribution < 1.29 is 0 Å². The second kappa shape index (κ2) is 18.9. The third kappa shape index (κ3) is 11.8. The maximum atomic E-state index is 4.71. The van der Waals surface area contributed by atoms with Crippen LogP contribution in [0.15, 0.2) is 85.2 Å². The number of rotatable bonds is 7. The van der Waals surface area contributed by atoms with E-state index in [1.165, 1.54) is 46.2 Å². The summed E-state index contributed by atoms with van der Waals surface area (Å²) in [5, 5.41) is 0. The van der Waals surface area contributed by atoms with E-state index >= 15 is 0 Å². The average Bonchev–Trinajstić information content (AvgIpc) is 3.95. The van der Waals surface area contributed by atoms with Crippen LogP contribution in [0.4, 0.5) is 0 Å². The molecule has 6 nitrogen and oxygen atoms in total. The van der Waals surface area contributed by atoms with Gasteiger partial charge < -0.3 is 0 Å². The zero-order valence-corrected chi connectivity index (χ0v) is 40.4. The molecule has 0 N–H and O–H groups in total. The molecule has 1 aliphatic rings. The molecule has 7 rings (SSSR count). The highest BCUT2D eigenvalue weighted by Crippen LogP contribution is 2.47. The maximum absolute atomic E-state index is 4.71. The number of aryl methyl sites for hydroxylation is 4. The molecule has 3 aromatic heterocycles. The zero-order chi connectivity index (χ0) is 45.0. The Hall–Kier alpha value is -5.10. The van der Waals surface area contributed by atoms with Crippen molar-refractivity contribution in [2.45, 2.75) is 165 Å². The first-order valence-electron chi connectivity index (χ1n) is 22.3. The van der Waals surface area contributed by atoms with Crippen LogP contribution in [0.1, 0.15) is 177 Å². The summed E-state index contributed by atoms with van der Waals surface area (Å²) in [5.41, 5.74) is 16.2. The summed E-state index contributed by atoms with van der Waals surface area (Å²) >= 11 is 0. The Labute approximate surface area is 368 Å². The van der Waals surface area contributed by atoms with E-state index in [-0.39, 0.29) is 10.8 Å². The normalized spacial score (nSPS) is 13.4. The van der Waals surface area contributed by atoms with E-state index in [0.717, 1.165) is 56.9 Å². The largest absolute Gasteiger partial charge is 0.236 e. The zero-order valence-electron chi connectivity index (χ0n) is 40.4. The second-order valence-corrected chi connectivity index (χ2v) is 20.4. The van der Waals surface area contributed by atoms with Gasteiger partial charge in [-0.05, 0) is 108 Å². The molecule has 0 bridgehead atoms. The molecule has 322 valence electrons. The van der Waals surface area contributed by atoms with E-state index in [1.54, 1.807) is 0 Å². The predicted molar refractivity (Wildman–Crippen MR) is 258 cm³/mol. The first-order chi connectivity index (χ1) is 28.5. The Balaban J connectivity index is 0.000000173. The molecule has 1 fully saturated rings. The fourth-order valence-corrected chi connectivity index (χ4v) is 7.79.